The van der Waals surface area contributed by atoms with Gasteiger partial charge in [-0.2, -0.15) is 5.10 Å². The van der Waals surface area contributed by atoms with Crippen LogP contribution in [-0.2, 0) is 9.59 Å². The van der Waals surface area contributed by atoms with Crippen LogP contribution in [0.25, 0.3) is 0 Å². The zero-order chi connectivity index (χ0) is 16.1. The maximum absolute atomic E-state index is 12.4. The normalized spacial score (nSPS) is 18.1. The largest absolute Gasteiger partial charge is 0.337 e. The third kappa shape index (κ3) is 5.36. The summed E-state index contributed by atoms with van der Waals surface area (Å²) in [6.07, 6.45) is 6.44. The zero-order valence-corrected chi connectivity index (χ0v) is 15.8. The van der Waals surface area contributed by atoms with Gasteiger partial charge >= 0.3 is 0 Å². The summed E-state index contributed by atoms with van der Waals surface area (Å²) in [7, 11) is 1.65. The molecule has 2 amide bonds. The Kier molecular flexibility index (Phi) is 9.96. The van der Waals surface area contributed by atoms with Crippen molar-refractivity contribution in [1.29, 1.82) is 0 Å². The summed E-state index contributed by atoms with van der Waals surface area (Å²) in [5.41, 5.74) is 5.75. The summed E-state index contributed by atoms with van der Waals surface area (Å²) in [6.45, 7) is 3.07. The fourth-order valence-corrected chi connectivity index (χ4v) is 2.89. The van der Waals surface area contributed by atoms with Gasteiger partial charge in [0.05, 0.1) is 6.54 Å². The minimum atomic E-state index is -0.417. The maximum Gasteiger partial charge on any atom is 0.247 e. The van der Waals surface area contributed by atoms with Crippen molar-refractivity contribution in [2.24, 2.45) is 5.73 Å². The first-order valence-corrected chi connectivity index (χ1v) is 7.78. The van der Waals surface area contributed by atoms with Crippen LogP contribution in [0.2, 0.25) is 0 Å². The standard InChI is InChI=1S/C15H25N5O2.2ClH/c1-12(20-9-5-7-17-20)15(22)18(2)11-14(21)19-8-4-3-6-13(19)10-16;;/h5,7,9,12-13H,3-4,6,8,10-11,16H2,1-2H3;2*1H. The smallest absolute Gasteiger partial charge is 0.247 e. The van der Waals surface area contributed by atoms with E-state index in [0.29, 0.717) is 6.54 Å². The number of piperidine rings is 1. The second-order valence-corrected chi connectivity index (χ2v) is 5.83. The number of hydrogen-bond acceptors (Lipinski definition) is 4. The van der Waals surface area contributed by atoms with Gasteiger partial charge in [0.2, 0.25) is 11.8 Å². The van der Waals surface area contributed by atoms with Gasteiger partial charge in [-0.05, 0) is 32.3 Å². The molecule has 2 heterocycles. The number of nitrogens with zero attached hydrogens (tertiary/aromatic N) is 4. The number of nitrogens with two attached hydrogens (primary N) is 1. The molecule has 2 N–H and O–H groups in total. The van der Waals surface area contributed by atoms with E-state index in [4.69, 9.17) is 5.73 Å². The van der Waals surface area contributed by atoms with Gasteiger partial charge in [0.1, 0.15) is 6.04 Å². The quantitative estimate of drug-likeness (QED) is 0.829. The van der Waals surface area contributed by atoms with Crippen molar-refractivity contribution in [3.8, 4) is 0 Å². The Morgan fingerprint density at radius 3 is 2.67 bits per heavy atom. The van der Waals surface area contributed by atoms with Gasteiger partial charge < -0.3 is 15.5 Å². The third-order valence-corrected chi connectivity index (χ3v) is 4.25. The van der Waals surface area contributed by atoms with Crippen LogP contribution < -0.4 is 5.73 Å². The third-order valence-electron chi connectivity index (χ3n) is 4.25. The number of aromatic nitrogens is 2. The van der Waals surface area contributed by atoms with Crippen molar-refractivity contribution < 1.29 is 9.59 Å². The number of carbonyl (C=O) groups excluding carboxylic acids is 2. The molecule has 24 heavy (non-hydrogen) atoms. The van der Waals surface area contributed by atoms with Crippen LogP contribution in [0.15, 0.2) is 18.5 Å². The summed E-state index contributed by atoms with van der Waals surface area (Å²) in [6, 6.07) is 1.46. The minimum Gasteiger partial charge on any atom is -0.337 e. The number of carbonyl (C=O) groups is 2. The molecule has 0 spiro atoms. The summed E-state index contributed by atoms with van der Waals surface area (Å²) >= 11 is 0. The van der Waals surface area contributed by atoms with Crippen LogP contribution in [0, 0.1) is 0 Å². The van der Waals surface area contributed by atoms with E-state index in [-0.39, 0.29) is 49.2 Å². The Labute approximate surface area is 155 Å². The first kappa shape index (κ1) is 22.7. The average molecular weight is 380 g/mol. The predicted molar refractivity (Wildman–Crippen MR) is 97.5 cm³/mol. The summed E-state index contributed by atoms with van der Waals surface area (Å²) < 4.78 is 1.59. The molecule has 2 atom stereocenters. The van der Waals surface area contributed by atoms with Gasteiger partial charge in [-0.3, -0.25) is 14.3 Å². The molecule has 138 valence electrons. The molecule has 1 aromatic rings. The van der Waals surface area contributed by atoms with E-state index >= 15 is 0 Å². The summed E-state index contributed by atoms with van der Waals surface area (Å²) in [4.78, 5) is 28.1. The SMILES string of the molecule is CC(C(=O)N(C)CC(=O)N1CCCCC1CN)n1cccn1.Cl.Cl. The molecule has 0 bridgehead atoms. The van der Waals surface area contributed by atoms with E-state index in [2.05, 4.69) is 5.10 Å². The lowest BCUT2D eigenvalue weighted by molar-refractivity contribution is -0.143. The molecule has 0 radical (unpaired) electrons. The Balaban J connectivity index is 0.00000264. The topological polar surface area (TPSA) is 84.5 Å². The van der Waals surface area contributed by atoms with Crippen molar-refractivity contribution in [1.82, 2.24) is 19.6 Å². The molecule has 1 fully saturated rings. The van der Waals surface area contributed by atoms with E-state index in [1.54, 1.807) is 37.1 Å². The molecule has 2 rings (SSSR count). The summed E-state index contributed by atoms with van der Waals surface area (Å²) in [5.74, 6) is -0.156. The van der Waals surface area contributed by atoms with Crippen LogP contribution in [0.1, 0.15) is 32.2 Å². The Hall–Kier alpha value is -1.31. The fraction of sp³-hybridized carbons (Fsp3) is 0.667. The molecule has 0 aliphatic carbocycles. The second-order valence-electron chi connectivity index (χ2n) is 5.83. The number of amides is 2. The minimum absolute atomic E-state index is 0. The highest BCUT2D eigenvalue weighted by Crippen LogP contribution is 2.17. The lowest BCUT2D eigenvalue weighted by Gasteiger charge is -2.36. The van der Waals surface area contributed by atoms with Gasteiger partial charge in [0.25, 0.3) is 0 Å². The first-order valence-electron chi connectivity index (χ1n) is 7.78. The molecule has 0 aromatic carbocycles. The van der Waals surface area contributed by atoms with E-state index in [0.717, 1.165) is 25.8 Å². The van der Waals surface area contributed by atoms with Crippen molar-refractivity contribution in [2.75, 3.05) is 26.7 Å². The monoisotopic (exact) mass is 379 g/mol. The second kappa shape index (κ2) is 10.5. The Bertz CT molecular complexity index is 512. The fourth-order valence-electron chi connectivity index (χ4n) is 2.89. The lowest BCUT2D eigenvalue weighted by atomic mass is 10.0. The van der Waals surface area contributed by atoms with Crippen molar-refractivity contribution in [3.05, 3.63) is 18.5 Å². The van der Waals surface area contributed by atoms with E-state index in [1.165, 1.54) is 4.90 Å². The molecular weight excluding hydrogens is 353 g/mol. The van der Waals surface area contributed by atoms with Crippen molar-refractivity contribution in [3.63, 3.8) is 0 Å². The number of likely N-dealkylation sites (N-methyl/N-ethyl adjacent to an activating group) is 1. The highest BCUT2D eigenvalue weighted by Gasteiger charge is 2.28. The average Bonchev–Trinajstić information content (AvgIpc) is 3.07. The molecule has 1 aliphatic heterocycles. The predicted octanol–water partition coefficient (Wildman–Crippen LogP) is 1.09. The van der Waals surface area contributed by atoms with E-state index in [9.17, 15) is 9.59 Å². The van der Waals surface area contributed by atoms with Crippen LogP contribution in [0.3, 0.4) is 0 Å². The van der Waals surface area contributed by atoms with Gasteiger partial charge in [-0.25, -0.2) is 0 Å². The van der Waals surface area contributed by atoms with Crippen LogP contribution >= 0.6 is 24.8 Å². The number of likely N-dealkylation sites (tertiary alicyclic amines) is 1. The van der Waals surface area contributed by atoms with Crippen LogP contribution in [0.4, 0.5) is 0 Å². The molecule has 7 nitrogen and oxygen atoms in total. The molecule has 1 aromatic heterocycles. The van der Waals surface area contributed by atoms with Crippen LogP contribution in [-0.4, -0.2) is 64.1 Å². The Morgan fingerprint density at radius 2 is 2.08 bits per heavy atom. The highest BCUT2D eigenvalue weighted by molar-refractivity contribution is 5.86. The molecule has 1 saturated heterocycles. The number of rotatable bonds is 5. The lowest BCUT2D eigenvalue weighted by Crippen LogP contribution is -2.51. The van der Waals surface area contributed by atoms with Crippen LogP contribution in [0.5, 0.6) is 0 Å². The molecule has 0 saturated carbocycles. The van der Waals surface area contributed by atoms with Crippen molar-refractivity contribution in [2.45, 2.75) is 38.3 Å². The molecule has 1 aliphatic rings. The zero-order valence-electron chi connectivity index (χ0n) is 14.1. The molecular formula is C15H27Cl2N5O2. The van der Waals surface area contributed by atoms with E-state index < -0.39 is 6.04 Å². The number of halogens is 2. The Morgan fingerprint density at radius 1 is 1.38 bits per heavy atom. The maximum atomic E-state index is 12.4. The first-order chi connectivity index (χ1) is 10.5. The van der Waals surface area contributed by atoms with E-state index in [1.807, 2.05) is 4.90 Å². The van der Waals surface area contributed by atoms with Crippen molar-refractivity contribution >= 4 is 36.6 Å². The molecule has 2 unspecified atom stereocenters. The molecule has 9 heteroatoms. The van der Waals surface area contributed by atoms with Gasteiger partial charge in [0.15, 0.2) is 0 Å². The highest BCUT2D eigenvalue weighted by atomic mass is 35.5. The number of hydrogen-bond donors (Lipinski definition) is 1. The van der Waals surface area contributed by atoms with Gasteiger partial charge in [0, 0.05) is 38.6 Å². The van der Waals surface area contributed by atoms with Gasteiger partial charge in [-0.15, -0.1) is 24.8 Å². The van der Waals surface area contributed by atoms with Gasteiger partial charge in [-0.1, -0.05) is 0 Å². The summed E-state index contributed by atoms with van der Waals surface area (Å²) in [5, 5.41) is 4.07.